The minimum Gasteiger partial charge on any atom is -0.737 e. The number of aryl methyl sites for hydroxylation is 1. The third-order valence-electron chi connectivity index (χ3n) is 1.73. The summed E-state index contributed by atoms with van der Waals surface area (Å²) in [6, 6.07) is 7.19. The summed E-state index contributed by atoms with van der Waals surface area (Å²) in [5, 5.41) is 24.0. The molecular formula is C8H10N3O2-. The fourth-order valence-corrected chi connectivity index (χ4v) is 0.914. The average Bonchev–Trinajstić information content (AvgIpc) is 2.17. The monoisotopic (exact) mass is 180 g/mol. The molecule has 0 spiro atoms. The molecule has 0 saturated heterocycles. The number of hydrogen-bond donors (Lipinski definition) is 0. The van der Waals surface area contributed by atoms with Gasteiger partial charge in [-0.3, -0.25) is 0 Å². The number of nitrogens with zero attached hydrogens (tertiary/aromatic N) is 3. The number of anilines is 1. The lowest BCUT2D eigenvalue weighted by atomic mass is 10.2. The van der Waals surface area contributed by atoms with Gasteiger partial charge in [-0.2, -0.15) is 0 Å². The highest BCUT2D eigenvalue weighted by Crippen LogP contribution is 2.13. The topological polar surface area (TPSA) is 64.7 Å². The normalized spacial score (nSPS) is 11.4. The molecule has 1 aromatic carbocycles. The lowest BCUT2D eigenvalue weighted by Crippen LogP contribution is -2.24. The Morgan fingerprint density at radius 1 is 1.31 bits per heavy atom. The molecule has 0 aromatic heterocycles. The summed E-state index contributed by atoms with van der Waals surface area (Å²) in [5.41, 5.74) is 1.72. The van der Waals surface area contributed by atoms with Crippen molar-refractivity contribution >= 4 is 5.69 Å². The third-order valence-corrected chi connectivity index (χ3v) is 1.73. The molecular weight excluding hydrogens is 170 g/mol. The van der Waals surface area contributed by atoms with Gasteiger partial charge >= 0.3 is 0 Å². The molecule has 0 aliphatic carbocycles. The van der Waals surface area contributed by atoms with Crippen LogP contribution >= 0.6 is 0 Å². The first kappa shape index (κ1) is 9.31. The molecule has 0 radical (unpaired) electrons. The number of hydrogen-bond acceptors (Lipinski definition) is 3. The van der Waals surface area contributed by atoms with E-state index in [1.54, 1.807) is 12.1 Å². The molecule has 5 heteroatoms. The van der Waals surface area contributed by atoms with Crippen LogP contribution in [0, 0.1) is 17.3 Å². The Morgan fingerprint density at radius 2 is 1.85 bits per heavy atom. The molecule has 0 amide bonds. The van der Waals surface area contributed by atoms with Gasteiger partial charge in [-0.05, 0) is 24.3 Å². The van der Waals surface area contributed by atoms with E-state index in [9.17, 15) is 10.4 Å². The van der Waals surface area contributed by atoms with Gasteiger partial charge in [0.1, 0.15) is 5.69 Å². The number of benzene rings is 1. The zero-order valence-electron chi connectivity index (χ0n) is 7.47. The van der Waals surface area contributed by atoms with Gasteiger partial charge in [-0.1, -0.05) is 17.7 Å². The van der Waals surface area contributed by atoms with Crippen LogP contribution in [0.15, 0.2) is 29.5 Å². The maximum atomic E-state index is 10.8. The second kappa shape index (κ2) is 3.75. The Labute approximate surface area is 76.0 Å². The minimum atomic E-state index is -0.00926. The van der Waals surface area contributed by atoms with Crippen LogP contribution in [0.4, 0.5) is 5.69 Å². The Kier molecular flexibility index (Phi) is 2.69. The van der Waals surface area contributed by atoms with Crippen molar-refractivity contribution in [2.75, 3.05) is 12.1 Å². The fraction of sp³-hybridized carbons (Fsp3) is 0.250. The van der Waals surface area contributed by atoms with Crippen LogP contribution in [0.5, 0.6) is 0 Å². The summed E-state index contributed by atoms with van der Waals surface area (Å²) < 4.78 is 0. The van der Waals surface area contributed by atoms with Crippen LogP contribution in [-0.2, 0) is 0 Å². The Bertz CT molecular complexity index is 308. The summed E-state index contributed by atoms with van der Waals surface area (Å²) in [4.78, 5) is -0.00926. The molecule has 0 heterocycles. The first-order valence-corrected chi connectivity index (χ1v) is 3.76. The molecule has 5 nitrogen and oxygen atoms in total. The van der Waals surface area contributed by atoms with Crippen LogP contribution in [0.25, 0.3) is 0 Å². The van der Waals surface area contributed by atoms with Gasteiger partial charge in [0.25, 0.3) is 0 Å². The standard InChI is InChI=1S/C8H11N3O2/c1-7-3-5-8(6-4-7)10(2)11(13)9-12/h3-6,12H,1-2H3/p-1/b11-9+. The summed E-state index contributed by atoms with van der Waals surface area (Å²) in [6.07, 6.45) is 0. The highest BCUT2D eigenvalue weighted by atomic mass is 16.6. The quantitative estimate of drug-likeness (QED) is 0.396. The first-order valence-electron chi connectivity index (χ1n) is 3.76. The van der Waals surface area contributed by atoms with Crippen molar-refractivity contribution in [2.24, 2.45) is 5.28 Å². The van der Waals surface area contributed by atoms with E-state index in [0.717, 1.165) is 10.6 Å². The van der Waals surface area contributed by atoms with E-state index in [-0.39, 0.29) is 4.97 Å². The smallest absolute Gasteiger partial charge is 0.103 e. The van der Waals surface area contributed by atoms with Crippen LogP contribution < -0.4 is 5.01 Å². The fourth-order valence-electron chi connectivity index (χ4n) is 0.914. The maximum Gasteiger partial charge on any atom is 0.103 e. The van der Waals surface area contributed by atoms with Crippen molar-refractivity contribution < 1.29 is 4.97 Å². The highest BCUT2D eigenvalue weighted by Gasteiger charge is 2.06. The summed E-state index contributed by atoms with van der Waals surface area (Å²) >= 11 is 0. The van der Waals surface area contributed by atoms with E-state index < -0.39 is 0 Å². The lowest BCUT2D eigenvalue weighted by molar-refractivity contribution is -0.535. The van der Waals surface area contributed by atoms with Crippen molar-refractivity contribution in [1.29, 1.82) is 0 Å². The van der Waals surface area contributed by atoms with Crippen molar-refractivity contribution in [3.05, 3.63) is 40.2 Å². The van der Waals surface area contributed by atoms with Gasteiger partial charge in [-0.25, -0.2) is 0 Å². The van der Waals surface area contributed by atoms with Gasteiger partial charge in [0, 0.05) is 4.97 Å². The summed E-state index contributed by atoms with van der Waals surface area (Å²) in [5.74, 6) is 0. The first-order chi connectivity index (χ1) is 6.15. The Morgan fingerprint density at radius 3 is 2.31 bits per heavy atom. The second-order valence-corrected chi connectivity index (χ2v) is 2.69. The van der Waals surface area contributed by atoms with Crippen molar-refractivity contribution in [2.45, 2.75) is 6.92 Å². The average molecular weight is 180 g/mol. The SMILES string of the molecule is Cc1ccc(N(C)/[N+]([O-])=N\[O-])cc1. The lowest BCUT2D eigenvalue weighted by Gasteiger charge is -2.14. The van der Waals surface area contributed by atoms with Crippen LogP contribution in [0.3, 0.4) is 0 Å². The van der Waals surface area contributed by atoms with E-state index in [2.05, 4.69) is 5.28 Å². The van der Waals surface area contributed by atoms with Gasteiger partial charge in [0.15, 0.2) is 0 Å². The number of hydrazine groups is 1. The second-order valence-electron chi connectivity index (χ2n) is 2.69. The Hall–Kier alpha value is -1.78. The predicted molar refractivity (Wildman–Crippen MR) is 49.0 cm³/mol. The molecule has 1 rings (SSSR count). The van der Waals surface area contributed by atoms with Gasteiger partial charge < -0.3 is 10.4 Å². The zero-order chi connectivity index (χ0) is 9.84. The van der Waals surface area contributed by atoms with E-state index >= 15 is 0 Å². The minimum absolute atomic E-state index is 0.00926. The maximum absolute atomic E-state index is 10.8. The van der Waals surface area contributed by atoms with Crippen molar-refractivity contribution in [3.63, 3.8) is 0 Å². The third kappa shape index (κ3) is 2.08. The van der Waals surface area contributed by atoms with Gasteiger partial charge in [0.2, 0.25) is 0 Å². The van der Waals surface area contributed by atoms with Crippen LogP contribution in [-0.4, -0.2) is 12.0 Å². The molecule has 0 aliphatic rings. The molecule has 70 valence electrons. The number of rotatable bonds is 2. The predicted octanol–water partition coefficient (Wildman–Crippen LogP) is 1.81. The zero-order valence-corrected chi connectivity index (χ0v) is 7.47. The van der Waals surface area contributed by atoms with Crippen LogP contribution in [0.2, 0.25) is 0 Å². The molecule has 0 saturated carbocycles. The van der Waals surface area contributed by atoms with E-state index in [0.29, 0.717) is 5.69 Å². The van der Waals surface area contributed by atoms with E-state index in [4.69, 9.17) is 0 Å². The van der Waals surface area contributed by atoms with E-state index in [1.807, 2.05) is 19.1 Å². The molecule has 13 heavy (non-hydrogen) atoms. The molecule has 0 fully saturated rings. The molecule has 0 atom stereocenters. The largest absolute Gasteiger partial charge is 0.737 e. The molecule has 1 aromatic rings. The highest BCUT2D eigenvalue weighted by molar-refractivity contribution is 5.43. The van der Waals surface area contributed by atoms with Crippen molar-refractivity contribution in [3.8, 4) is 0 Å². The molecule has 0 unspecified atom stereocenters. The van der Waals surface area contributed by atoms with Crippen molar-refractivity contribution in [1.82, 2.24) is 0 Å². The van der Waals surface area contributed by atoms with E-state index in [1.165, 1.54) is 7.05 Å². The molecule has 0 N–H and O–H groups in total. The molecule has 0 bridgehead atoms. The Balaban J connectivity index is 2.89. The van der Waals surface area contributed by atoms with Gasteiger partial charge in [-0.15, -0.1) is 5.01 Å². The summed E-state index contributed by atoms with van der Waals surface area (Å²) in [6.45, 7) is 1.94. The van der Waals surface area contributed by atoms with Crippen LogP contribution in [0.1, 0.15) is 5.56 Å². The molecule has 0 aliphatic heterocycles. The summed E-state index contributed by atoms with van der Waals surface area (Å²) in [7, 11) is 1.47. The van der Waals surface area contributed by atoms with Gasteiger partial charge in [0.05, 0.1) is 7.05 Å².